The molecule has 0 saturated carbocycles. The van der Waals surface area contributed by atoms with Gasteiger partial charge in [-0.1, -0.05) is 12.1 Å². The third-order valence-corrected chi connectivity index (χ3v) is 3.13. The van der Waals surface area contributed by atoms with E-state index in [0.29, 0.717) is 0 Å². The minimum Gasteiger partial charge on any atom is -0.469 e. The van der Waals surface area contributed by atoms with Gasteiger partial charge >= 0.3 is 0 Å². The predicted octanol–water partition coefficient (Wildman–Crippen LogP) is 3.09. The second-order valence-corrected chi connectivity index (χ2v) is 4.36. The number of fused-ring (bicyclic) bond motifs is 1. The Morgan fingerprint density at radius 2 is 2.11 bits per heavy atom. The Kier molecular flexibility index (Phi) is 3.15. The van der Waals surface area contributed by atoms with E-state index in [1.165, 1.54) is 16.5 Å². The van der Waals surface area contributed by atoms with Crippen LogP contribution >= 0.6 is 0 Å². The Morgan fingerprint density at radius 3 is 3.00 bits per heavy atom. The lowest BCUT2D eigenvalue weighted by Gasteiger charge is -2.05. The van der Waals surface area contributed by atoms with E-state index < -0.39 is 0 Å². The normalized spacial score (nSPS) is 11.1. The van der Waals surface area contributed by atoms with Gasteiger partial charge in [0.2, 0.25) is 0 Å². The number of hydrogen-bond donors (Lipinski definition) is 2. The van der Waals surface area contributed by atoms with Crippen LogP contribution in [0, 0.1) is 0 Å². The molecule has 0 atom stereocenters. The van der Waals surface area contributed by atoms with Crippen LogP contribution in [-0.2, 0) is 13.0 Å². The zero-order valence-electron chi connectivity index (χ0n) is 10.1. The van der Waals surface area contributed by atoms with Gasteiger partial charge in [0.15, 0.2) is 0 Å². The number of rotatable bonds is 5. The van der Waals surface area contributed by atoms with Gasteiger partial charge in [0.1, 0.15) is 5.76 Å². The van der Waals surface area contributed by atoms with Crippen LogP contribution in [0.25, 0.3) is 10.9 Å². The monoisotopic (exact) mass is 240 g/mol. The van der Waals surface area contributed by atoms with E-state index in [2.05, 4.69) is 34.6 Å². The summed E-state index contributed by atoms with van der Waals surface area (Å²) in [5, 5.41) is 4.74. The summed E-state index contributed by atoms with van der Waals surface area (Å²) in [5.74, 6) is 1.03. The van der Waals surface area contributed by atoms with Crippen molar-refractivity contribution in [1.29, 1.82) is 0 Å². The zero-order chi connectivity index (χ0) is 12.2. The van der Waals surface area contributed by atoms with Crippen LogP contribution in [-0.4, -0.2) is 11.5 Å². The Hall–Kier alpha value is -2.00. The van der Waals surface area contributed by atoms with Gasteiger partial charge in [-0.2, -0.15) is 0 Å². The van der Waals surface area contributed by atoms with E-state index in [1.807, 2.05) is 18.3 Å². The second kappa shape index (κ2) is 5.10. The molecule has 0 amide bonds. The largest absolute Gasteiger partial charge is 0.469 e. The van der Waals surface area contributed by atoms with Gasteiger partial charge in [-0.25, -0.2) is 0 Å². The number of H-pyrrole nitrogens is 1. The molecule has 1 aromatic carbocycles. The van der Waals surface area contributed by atoms with Crippen LogP contribution in [0.3, 0.4) is 0 Å². The van der Waals surface area contributed by atoms with E-state index >= 15 is 0 Å². The van der Waals surface area contributed by atoms with Gasteiger partial charge in [0, 0.05) is 36.6 Å². The fraction of sp³-hybridized carbons (Fsp3) is 0.200. The molecule has 0 unspecified atom stereocenters. The Morgan fingerprint density at radius 1 is 1.11 bits per heavy atom. The average Bonchev–Trinajstić information content (AvgIpc) is 3.05. The van der Waals surface area contributed by atoms with Crippen LogP contribution in [0.4, 0.5) is 0 Å². The fourth-order valence-corrected chi connectivity index (χ4v) is 2.19. The molecule has 92 valence electrons. The maximum absolute atomic E-state index is 5.30. The first kappa shape index (κ1) is 11.1. The molecule has 2 N–H and O–H groups in total. The molecule has 0 aliphatic rings. The summed E-state index contributed by atoms with van der Waals surface area (Å²) < 4.78 is 5.30. The van der Waals surface area contributed by atoms with Crippen LogP contribution in [0.15, 0.2) is 53.3 Å². The summed E-state index contributed by atoms with van der Waals surface area (Å²) in [4.78, 5) is 3.23. The highest BCUT2D eigenvalue weighted by molar-refractivity contribution is 5.82. The molecular weight excluding hydrogens is 224 g/mol. The van der Waals surface area contributed by atoms with Crippen molar-refractivity contribution in [2.75, 3.05) is 6.54 Å². The molecule has 3 nitrogen and oxygen atoms in total. The lowest BCUT2D eigenvalue weighted by atomic mass is 10.1. The van der Waals surface area contributed by atoms with Crippen LogP contribution < -0.4 is 5.32 Å². The highest BCUT2D eigenvalue weighted by Crippen LogP contribution is 2.16. The number of furan rings is 1. The SMILES string of the molecule is c1coc(CCNCc2cccc3[nH]ccc23)c1. The van der Waals surface area contributed by atoms with Crippen molar-refractivity contribution in [2.24, 2.45) is 0 Å². The quantitative estimate of drug-likeness (QED) is 0.673. The summed E-state index contributed by atoms with van der Waals surface area (Å²) in [7, 11) is 0. The number of benzene rings is 1. The average molecular weight is 240 g/mol. The van der Waals surface area contributed by atoms with Gasteiger partial charge in [0.25, 0.3) is 0 Å². The molecule has 2 heterocycles. The minimum absolute atomic E-state index is 0.885. The topological polar surface area (TPSA) is 41.0 Å². The van der Waals surface area contributed by atoms with E-state index in [1.54, 1.807) is 6.26 Å². The van der Waals surface area contributed by atoms with Gasteiger partial charge in [-0.05, 0) is 29.8 Å². The summed E-state index contributed by atoms with van der Waals surface area (Å²) in [6.07, 6.45) is 4.63. The number of nitrogens with one attached hydrogen (secondary N) is 2. The standard InChI is InChI=1S/C15H16N2O/c1-3-12(14-7-9-17-15(14)5-1)11-16-8-6-13-4-2-10-18-13/h1-5,7,9-10,16-17H,6,8,11H2. The van der Waals surface area contributed by atoms with Crippen molar-refractivity contribution < 1.29 is 4.42 Å². The maximum atomic E-state index is 5.30. The highest BCUT2D eigenvalue weighted by atomic mass is 16.3. The fourth-order valence-electron chi connectivity index (χ4n) is 2.19. The molecule has 0 aliphatic heterocycles. The zero-order valence-corrected chi connectivity index (χ0v) is 10.1. The molecule has 2 aromatic heterocycles. The first-order valence-corrected chi connectivity index (χ1v) is 6.21. The minimum atomic E-state index is 0.885. The van der Waals surface area contributed by atoms with Crippen molar-refractivity contribution in [2.45, 2.75) is 13.0 Å². The third kappa shape index (κ3) is 2.31. The molecule has 18 heavy (non-hydrogen) atoms. The van der Waals surface area contributed by atoms with Crippen LogP contribution in [0.1, 0.15) is 11.3 Å². The molecule has 0 fully saturated rings. The Balaban J connectivity index is 1.58. The maximum Gasteiger partial charge on any atom is 0.105 e. The van der Waals surface area contributed by atoms with Gasteiger partial charge in [-0.3, -0.25) is 0 Å². The van der Waals surface area contributed by atoms with Crippen molar-refractivity contribution in [3.63, 3.8) is 0 Å². The first-order chi connectivity index (χ1) is 8.93. The molecule has 3 rings (SSSR count). The predicted molar refractivity (Wildman–Crippen MR) is 72.4 cm³/mol. The van der Waals surface area contributed by atoms with E-state index in [4.69, 9.17) is 4.42 Å². The first-order valence-electron chi connectivity index (χ1n) is 6.21. The van der Waals surface area contributed by atoms with E-state index in [0.717, 1.165) is 25.3 Å². The lowest BCUT2D eigenvalue weighted by Crippen LogP contribution is -2.16. The van der Waals surface area contributed by atoms with Crippen molar-refractivity contribution in [1.82, 2.24) is 10.3 Å². The molecule has 0 aliphatic carbocycles. The summed E-state index contributed by atoms with van der Waals surface area (Å²) in [6, 6.07) is 12.4. The van der Waals surface area contributed by atoms with Gasteiger partial charge < -0.3 is 14.7 Å². The Labute approximate surface area is 106 Å². The second-order valence-electron chi connectivity index (χ2n) is 4.36. The molecule has 0 bridgehead atoms. The molecular formula is C15H16N2O. The molecule has 0 radical (unpaired) electrons. The molecule has 3 heteroatoms. The van der Waals surface area contributed by atoms with Crippen molar-refractivity contribution in [3.05, 3.63) is 60.2 Å². The molecule has 0 spiro atoms. The third-order valence-electron chi connectivity index (χ3n) is 3.13. The van der Waals surface area contributed by atoms with Gasteiger partial charge in [0.05, 0.1) is 6.26 Å². The van der Waals surface area contributed by atoms with E-state index in [9.17, 15) is 0 Å². The molecule has 0 saturated heterocycles. The number of hydrogen-bond acceptors (Lipinski definition) is 2. The van der Waals surface area contributed by atoms with E-state index in [-0.39, 0.29) is 0 Å². The smallest absolute Gasteiger partial charge is 0.105 e. The number of aromatic nitrogens is 1. The Bertz CT molecular complexity index is 610. The van der Waals surface area contributed by atoms with Crippen LogP contribution in [0.5, 0.6) is 0 Å². The van der Waals surface area contributed by atoms with Crippen molar-refractivity contribution in [3.8, 4) is 0 Å². The lowest BCUT2D eigenvalue weighted by molar-refractivity contribution is 0.499. The number of aromatic amines is 1. The summed E-state index contributed by atoms with van der Waals surface area (Å²) in [5.41, 5.74) is 2.52. The van der Waals surface area contributed by atoms with Crippen LogP contribution in [0.2, 0.25) is 0 Å². The van der Waals surface area contributed by atoms with Gasteiger partial charge in [-0.15, -0.1) is 0 Å². The highest BCUT2D eigenvalue weighted by Gasteiger charge is 2.01. The summed E-state index contributed by atoms with van der Waals surface area (Å²) in [6.45, 7) is 1.81. The summed E-state index contributed by atoms with van der Waals surface area (Å²) >= 11 is 0. The molecule has 3 aromatic rings. The van der Waals surface area contributed by atoms with Crippen molar-refractivity contribution >= 4 is 10.9 Å².